The quantitative estimate of drug-likeness (QED) is 0.746. The highest BCUT2D eigenvalue weighted by molar-refractivity contribution is 6.30. The van der Waals surface area contributed by atoms with Gasteiger partial charge in [-0.25, -0.2) is 9.69 Å². The SMILES string of the molecule is Cc1nn(C)cc1N1C(=O)NC(=O)C2(CCC2)C1=O. The molecule has 0 bridgehead atoms. The fraction of sp³-hybridized carbons (Fsp3) is 0.500. The van der Waals surface area contributed by atoms with Crippen molar-refractivity contribution in [1.82, 2.24) is 15.1 Å². The van der Waals surface area contributed by atoms with Crippen LogP contribution in [0.2, 0.25) is 0 Å². The molecule has 4 amide bonds. The molecule has 1 aliphatic carbocycles. The third-order valence-electron chi connectivity index (χ3n) is 3.91. The normalized spacial score (nSPS) is 21.6. The van der Waals surface area contributed by atoms with Gasteiger partial charge in [-0.15, -0.1) is 0 Å². The van der Waals surface area contributed by atoms with Gasteiger partial charge in [-0.1, -0.05) is 6.42 Å². The van der Waals surface area contributed by atoms with E-state index in [1.165, 1.54) is 4.68 Å². The number of urea groups is 1. The van der Waals surface area contributed by atoms with E-state index < -0.39 is 23.3 Å². The van der Waals surface area contributed by atoms with Gasteiger partial charge in [-0.2, -0.15) is 5.10 Å². The largest absolute Gasteiger partial charge is 0.335 e. The zero-order valence-corrected chi connectivity index (χ0v) is 10.8. The van der Waals surface area contributed by atoms with E-state index >= 15 is 0 Å². The molecule has 7 heteroatoms. The van der Waals surface area contributed by atoms with E-state index in [4.69, 9.17) is 0 Å². The molecule has 1 aromatic heterocycles. The Morgan fingerprint density at radius 2 is 2.00 bits per heavy atom. The van der Waals surface area contributed by atoms with E-state index in [2.05, 4.69) is 10.4 Å². The van der Waals surface area contributed by atoms with E-state index in [9.17, 15) is 14.4 Å². The topological polar surface area (TPSA) is 84.3 Å². The number of carbonyl (C=O) groups is 3. The molecule has 1 aromatic rings. The fourth-order valence-electron chi connectivity index (χ4n) is 2.67. The number of rotatable bonds is 1. The Morgan fingerprint density at radius 3 is 2.47 bits per heavy atom. The highest BCUT2D eigenvalue weighted by Gasteiger charge is 2.58. The van der Waals surface area contributed by atoms with Gasteiger partial charge >= 0.3 is 6.03 Å². The maximum Gasteiger partial charge on any atom is 0.335 e. The van der Waals surface area contributed by atoms with Gasteiger partial charge in [0.15, 0.2) is 0 Å². The van der Waals surface area contributed by atoms with Crippen LogP contribution < -0.4 is 10.2 Å². The average molecular weight is 262 g/mol. The lowest BCUT2D eigenvalue weighted by molar-refractivity contribution is -0.148. The Morgan fingerprint density at radius 1 is 1.32 bits per heavy atom. The van der Waals surface area contributed by atoms with Gasteiger partial charge in [0.05, 0.1) is 11.4 Å². The molecule has 0 unspecified atom stereocenters. The molecular formula is C12H14N4O3. The number of anilines is 1. The van der Waals surface area contributed by atoms with Crippen molar-refractivity contribution in [3.05, 3.63) is 11.9 Å². The molecule has 0 radical (unpaired) electrons. The highest BCUT2D eigenvalue weighted by atomic mass is 16.2. The van der Waals surface area contributed by atoms with Gasteiger partial charge in [0.1, 0.15) is 5.41 Å². The summed E-state index contributed by atoms with van der Waals surface area (Å²) in [6.07, 6.45) is 3.43. The van der Waals surface area contributed by atoms with Crippen LogP contribution in [-0.4, -0.2) is 27.6 Å². The number of carbonyl (C=O) groups excluding carboxylic acids is 3. The van der Waals surface area contributed by atoms with Crippen LogP contribution in [0.1, 0.15) is 25.0 Å². The van der Waals surface area contributed by atoms with Crippen molar-refractivity contribution in [2.75, 3.05) is 4.90 Å². The summed E-state index contributed by atoms with van der Waals surface area (Å²) >= 11 is 0. The van der Waals surface area contributed by atoms with E-state index in [0.717, 1.165) is 11.3 Å². The van der Waals surface area contributed by atoms with E-state index in [-0.39, 0.29) is 0 Å². The van der Waals surface area contributed by atoms with Gasteiger partial charge < -0.3 is 0 Å². The van der Waals surface area contributed by atoms with Crippen LogP contribution in [-0.2, 0) is 16.6 Å². The molecule has 7 nitrogen and oxygen atoms in total. The molecular weight excluding hydrogens is 248 g/mol. The Balaban J connectivity index is 2.05. The molecule has 1 saturated carbocycles. The molecule has 0 atom stereocenters. The molecule has 2 aliphatic rings. The first kappa shape index (κ1) is 11.9. The fourth-order valence-corrected chi connectivity index (χ4v) is 2.67. The molecule has 19 heavy (non-hydrogen) atoms. The highest BCUT2D eigenvalue weighted by Crippen LogP contribution is 2.45. The lowest BCUT2D eigenvalue weighted by Crippen LogP contribution is -2.66. The second-order valence-corrected chi connectivity index (χ2v) is 5.11. The maximum absolute atomic E-state index is 12.5. The molecule has 1 saturated heterocycles. The van der Waals surface area contributed by atoms with Crippen molar-refractivity contribution in [3.8, 4) is 0 Å². The Hall–Kier alpha value is -2.18. The molecule has 1 N–H and O–H groups in total. The van der Waals surface area contributed by atoms with E-state index in [0.29, 0.717) is 24.2 Å². The standard InChI is InChI=1S/C12H14N4O3/c1-7-8(6-15(2)14-7)16-10(18)12(4-3-5-12)9(17)13-11(16)19/h6H,3-5H2,1-2H3,(H,13,17,19). The number of barbiturate groups is 1. The van der Waals surface area contributed by atoms with Crippen LogP contribution in [0.25, 0.3) is 0 Å². The van der Waals surface area contributed by atoms with Crippen LogP contribution in [0, 0.1) is 12.3 Å². The van der Waals surface area contributed by atoms with Gasteiger partial charge in [0, 0.05) is 13.2 Å². The van der Waals surface area contributed by atoms with Crippen molar-refractivity contribution < 1.29 is 14.4 Å². The molecule has 1 spiro atoms. The first-order valence-corrected chi connectivity index (χ1v) is 6.16. The third-order valence-corrected chi connectivity index (χ3v) is 3.91. The summed E-state index contributed by atoms with van der Waals surface area (Å²) in [5, 5.41) is 6.40. The van der Waals surface area contributed by atoms with Gasteiger partial charge in [-0.3, -0.25) is 19.6 Å². The smallest absolute Gasteiger partial charge is 0.276 e. The first-order chi connectivity index (χ1) is 8.95. The lowest BCUT2D eigenvalue weighted by Gasteiger charge is -2.44. The maximum atomic E-state index is 12.5. The minimum atomic E-state index is -1.05. The van der Waals surface area contributed by atoms with Gasteiger partial charge in [-0.05, 0) is 19.8 Å². The molecule has 3 rings (SSSR count). The summed E-state index contributed by atoms with van der Waals surface area (Å²) in [7, 11) is 1.72. The zero-order chi connectivity index (χ0) is 13.8. The Labute approximate surface area is 109 Å². The number of amides is 4. The average Bonchev–Trinajstić information content (AvgIpc) is 2.55. The number of aryl methyl sites for hydroxylation is 2. The zero-order valence-electron chi connectivity index (χ0n) is 10.8. The molecule has 100 valence electrons. The van der Waals surface area contributed by atoms with Crippen LogP contribution in [0.3, 0.4) is 0 Å². The number of hydrogen-bond acceptors (Lipinski definition) is 4. The Kier molecular flexibility index (Phi) is 2.29. The number of aromatic nitrogens is 2. The predicted octanol–water partition coefficient (Wildman–Crippen LogP) is 0.482. The minimum absolute atomic E-state index is 0.427. The van der Waals surface area contributed by atoms with Gasteiger partial charge in [0.25, 0.3) is 5.91 Å². The van der Waals surface area contributed by atoms with Crippen LogP contribution >= 0.6 is 0 Å². The monoisotopic (exact) mass is 262 g/mol. The minimum Gasteiger partial charge on any atom is -0.276 e. The van der Waals surface area contributed by atoms with Crippen LogP contribution in [0.15, 0.2) is 6.20 Å². The summed E-state index contributed by atoms with van der Waals surface area (Å²) in [6.45, 7) is 1.72. The van der Waals surface area contributed by atoms with Crippen molar-refractivity contribution in [3.63, 3.8) is 0 Å². The van der Waals surface area contributed by atoms with Gasteiger partial charge in [0.2, 0.25) is 5.91 Å². The number of hydrogen-bond donors (Lipinski definition) is 1. The third kappa shape index (κ3) is 1.44. The van der Waals surface area contributed by atoms with E-state index in [1.54, 1.807) is 20.2 Å². The molecule has 1 aliphatic heterocycles. The number of imide groups is 2. The summed E-state index contributed by atoms with van der Waals surface area (Å²) in [6, 6.07) is -0.691. The Bertz CT molecular complexity index is 600. The summed E-state index contributed by atoms with van der Waals surface area (Å²) < 4.78 is 1.54. The first-order valence-electron chi connectivity index (χ1n) is 6.16. The van der Waals surface area contributed by atoms with Crippen LogP contribution in [0.4, 0.5) is 10.5 Å². The van der Waals surface area contributed by atoms with Crippen molar-refractivity contribution in [2.24, 2.45) is 12.5 Å². The van der Waals surface area contributed by atoms with Crippen molar-refractivity contribution >= 4 is 23.5 Å². The predicted molar refractivity (Wildman–Crippen MR) is 65.3 cm³/mol. The van der Waals surface area contributed by atoms with Crippen LogP contribution in [0.5, 0.6) is 0 Å². The van der Waals surface area contributed by atoms with E-state index in [1.807, 2.05) is 0 Å². The molecule has 2 fully saturated rings. The van der Waals surface area contributed by atoms with Crippen molar-refractivity contribution in [2.45, 2.75) is 26.2 Å². The summed E-state index contributed by atoms with van der Waals surface area (Å²) in [5.74, 6) is -0.893. The molecule has 0 aromatic carbocycles. The lowest BCUT2D eigenvalue weighted by atomic mass is 9.66. The van der Waals surface area contributed by atoms with Crippen molar-refractivity contribution in [1.29, 1.82) is 0 Å². The number of nitrogens with one attached hydrogen (secondary N) is 1. The molecule has 2 heterocycles. The summed E-state index contributed by atoms with van der Waals surface area (Å²) in [4.78, 5) is 37.4. The second kappa shape index (κ2) is 3.66. The number of nitrogens with zero attached hydrogens (tertiary/aromatic N) is 3. The summed E-state index contributed by atoms with van der Waals surface area (Å²) in [5.41, 5.74) is -0.0329. The second-order valence-electron chi connectivity index (χ2n) is 5.11.